The number of alkyl carbamates (subject to hydrolysis) is 1. The number of imide groups is 1. The van der Waals surface area contributed by atoms with Crippen molar-refractivity contribution < 1.29 is 14.3 Å². The van der Waals surface area contributed by atoms with Crippen molar-refractivity contribution in [3.63, 3.8) is 0 Å². The van der Waals surface area contributed by atoms with Crippen molar-refractivity contribution in [1.29, 1.82) is 5.26 Å². The zero-order chi connectivity index (χ0) is 12.7. The molecule has 0 aliphatic carbocycles. The molecule has 0 radical (unpaired) electrons. The summed E-state index contributed by atoms with van der Waals surface area (Å²) in [7, 11) is 1.13. The van der Waals surface area contributed by atoms with E-state index < -0.39 is 12.0 Å². The predicted molar refractivity (Wildman–Crippen MR) is 60.6 cm³/mol. The lowest BCUT2D eigenvalue weighted by Gasteiger charge is -2.00. The second-order valence-electron chi connectivity index (χ2n) is 3.03. The number of methoxy groups -OCH3 is 1. The minimum atomic E-state index is -0.899. The minimum Gasteiger partial charge on any atom is -0.453 e. The number of hydrogen-bond donors (Lipinski definition) is 1. The summed E-state index contributed by atoms with van der Waals surface area (Å²) in [5.74, 6) is -0.789. The smallest absolute Gasteiger partial charge is 0.413 e. The van der Waals surface area contributed by atoms with Crippen LogP contribution in [-0.2, 0) is 9.53 Å². The monoisotopic (exact) mass is 230 g/mol. The van der Waals surface area contributed by atoms with Gasteiger partial charge in [-0.05, 0) is 11.6 Å². The number of nitriles is 1. The van der Waals surface area contributed by atoms with Gasteiger partial charge >= 0.3 is 6.09 Å². The molecule has 1 aromatic carbocycles. The first kappa shape index (κ1) is 12.5. The molecule has 17 heavy (non-hydrogen) atoms. The van der Waals surface area contributed by atoms with Gasteiger partial charge in [0.15, 0.2) is 0 Å². The predicted octanol–water partition coefficient (Wildman–Crippen LogP) is 1.48. The van der Waals surface area contributed by atoms with Crippen molar-refractivity contribution in [2.24, 2.45) is 0 Å². The van der Waals surface area contributed by atoms with E-state index in [0.717, 1.165) is 7.11 Å². The lowest BCUT2D eigenvalue weighted by atomic mass is 10.1. The molecule has 0 saturated heterocycles. The van der Waals surface area contributed by atoms with E-state index >= 15 is 0 Å². The fraction of sp³-hybridized carbons (Fsp3) is 0.0833. The molecule has 0 atom stereocenters. The number of nitrogens with zero attached hydrogens (tertiary/aromatic N) is 1. The Morgan fingerprint density at radius 2 is 2.00 bits per heavy atom. The van der Waals surface area contributed by atoms with Gasteiger partial charge in [-0.15, -0.1) is 0 Å². The second kappa shape index (κ2) is 6.08. The summed E-state index contributed by atoms with van der Waals surface area (Å²) in [6.45, 7) is 0. The lowest BCUT2D eigenvalue weighted by Crippen LogP contribution is -2.31. The first-order valence-electron chi connectivity index (χ1n) is 4.73. The van der Waals surface area contributed by atoms with E-state index in [1.807, 2.05) is 11.4 Å². The topological polar surface area (TPSA) is 79.2 Å². The maximum atomic E-state index is 11.4. The van der Waals surface area contributed by atoms with E-state index in [-0.39, 0.29) is 5.57 Å². The van der Waals surface area contributed by atoms with E-state index in [0.29, 0.717) is 5.56 Å². The molecule has 2 amide bonds. The van der Waals surface area contributed by atoms with Crippen LogP contribution in [-0.4, -0.2) is 19.1 Å². The van der Waals surface area contributed by atoms with E-state index in [1.165, 1.54) is 6.08 Å². The Bertz CT molecular complexity index is 486. The first-order chi connectivity index (χ1) is 8.17. The molecule has 1 N–H and O–H groups in total. The summed E-state index contributed by atoms with van der Waals surface area (Å²) in [6, 6.07) is 10.6. The van der Waals surface area contributed by atoms with Crippen molar-refractivity contribution in [2.45, 2.75) is 0 Å². The van der Waals surface area contributed by atoms with Crippen LogP contribution >= 0.6 is 0 Å². The van der Waals surface area contributed by atoms with Crippen LogP contribution in [0, 0.1) is 11.3 Å². The zero-order valence-corrected chi connectivity index (χ0v) is 9.14. The maximum absolute atomic E-state index is 11.4. The molecule has 0 aromatic heterocycles. The molecule has 0 unspecified atom stereocenters. The van der Waals surface area contributed by atoms with Crippen LogP contribution in [0.4, 0.5) is 4.79 Å². The standard InChI is InChI=1S/C12H10N2O3/c1-17-12(16)14-11(15)10(8-13)7-9-5-3-2-4-6-9/h2-7H,1H3,(H,14,15,16). The minimum absolute atomic E-state index is 0.165. The highest BCUT2D eigenvalue weighted by molar-refractivity contribution is 6.07. The van der Waals surface area contributed by atoms with E-state index in [2.05, 4.69) is 4.74 Å². The molecule has 0 heterocycles. The quantitative estimate of drug-likeness (QED) is 0.616. The van der Waals surface area contributed by atoms with Crippen molar-refractivity contribution in [1.82, 2.24) is 5.32 Å². The molecule has 86 valence electrons. The largest absolute Gasteiger partial charge is 0.453 e. The van der Waals surface area contributed by atoms with Crippen LogP contribution in [0.1, 0.15) is 5.56 Å². The van der Waals surface area contributed by atoms with Gasteiger partial charge in [0, 0.05) is 0 Å². The summed E-state index contributed by atoms with van der Waals surface area (Å²) in [5, 5.41) is 10.7. The van der Waals surface area contributed by atoms with Gasteiger partial charge in [0.05, 0.1) is 7.11 Å². The first-order valence-corrected chi connectivity index (χ1v) is 4.73. The van der Waals surface area contributed by atoms with E-state index in [4.69, 9.17) is 5.26 Å². The molecule has 0 aliphatic rings. The van der Waals surface area contributed by atoms with Gasteiger partial charge in [0.25, 0.3) is 5.91 Å². The SMILES string of the molecule is COC(=O)NC(=O)C(C#N)=Cc1ccccc1. The van der Waals surface area contributed by atoms with Gasteiger partial charge in [-0.25, -0.2) is 4.79 Å². The number of amides is 2. The van der Waals surface area contributed by atoms with Crippen molar-refractivity contribution in [2.75, 3.05) is 7.11 Å². The number of ether oxygens (including phenoxy) is 1. The van der Waals surface area contributed by atoms with Crippen molar-refractivity contribution >= 4 is 18.1 Å². The third-order valence-corrected chi connectivity index (χ3v) is 1.88. The van der Waals surface area contributed by atoms with Crippen LogP contribution < -0.4 is 5.32 Å². The number of nitrogens with one attached hydrogen (secondary N) is 1. The fourth-order valence-corrected chi connectivity index (χ4v) is 1.08. The van der Waals surface area contributed by atoms with Gasteiger partial charge in [-0.2, -0.15) is 5.26 Å². The van der Waals surface area contributed by atoms with E-state index in [1.54, 1.807) is 30.3 Å². The third-order valence-electron chi connectivity index (χ3n) is 1.88. The summed E-state index contributed by atoms with van der Waals surface area (Å²) >= 11 is 0. The molecule has 0 bridgehead atoms. The fourth-order valence-electron chi connectivity index (χ4n) is 1.08. The highest BCUT2D eigenvalue weighted by atomic mass is 16.5. The number of benzene rings is 1. The Balaban J connectivity index is 2.86. The Kier molecular flexibility index (Phi) is 4.45. The van der Waals surface area contributed by atoms with Crippen LogP contribution in [0.25, 0.3) is 6.08 Å². The van der Waals surface area contributed by atoms with Gasteiger partial charge < -0.3 is 4.74 Å². The molecule has 0 aliphatic heterocycles. The molecule has 5 nitrogen and oxygen atoms in total. The van der Waals surface area contributed by atoms with Gasteiger partial charge in [0.1, 0.15) is 11.6 Å². The highest BCUT2D eigenvalue weighted by Crippen LogP contribution is 2.06. The Morgan fingerprint density at radius 1 is 1.35 bits per heavy atom. The van der Waals surface area contributed by atoms with E-state index in [9.17, 15) is 9.59 Å². The van der Waals surface area contributed by atoms with Crippen molar-refractivity contribution in [3.8, 4) is 6.07 Å². The van der Waals surface area contributed by atoms with Gasteiger partial charge in [-0.3, -0.25) is 10.1 Å². The van der Waals surface area contributed by atoms with Crippen LogP contribution in [0.3, 0.4) is 0 Å². The normalized spacial score (nSPS) is 10.2. The number of hydrogen-bond acceptors (Lipinski definition) is 4. The number of rotatable bonds is 2. The summed E-state index contributed by atoms with van der Waals surface area (Å²) in [5.41, 5.74) is 0.533. The van der Waals surface area contributed by atoms with Crippen LogP contribution in [0.15, 0.2) is 35.9 Å². The Morgan fingerprint density at radius 3 is 2.53 bits per heavy atom. The Hall–Kier alpha value is -2.61. The molecular weight excluding hydrogens is 220 g/mol. The highest BCUT2D eigenvalue weighted by Gasteiger charge is 2.12. The number of carbonyl (C=O) groups is 2. The molecule has 5 heteroatoms. The number of carbonyl (C=O) groups excluding carboxylic acids is 2. The summed E-state index contributed by atoms with van der Waals surface area (Å²) in [6.07, 6.45) is 0.488. The van der Waals surface area contributed by atoms with Crippen LogP contribution in [0.5, 0.6) is 0 Å². The van der Waals surface area contributed by atoms with Crippen molar-refractivity contribution in [3.05, 3.63) is 41.5 Å². The molecule has 0 saturated carbocycles. The Labute approximate surface area is 98.3 Å². The van der Waals surface area contributed by atoms with Crippen LogP contribution in [0.2, 0.25) is 0 Å². The molecular formula is C12H10N2O3. The second-order valence-corrected chi connectivity index (χ2v) is 3.03. The van der Waals surface area contributed by atoms with Gasteiger partial charge in [-0.1, -0.05) is 30.3 Å². The zero-order valence-electron chi connectivity index (χ0n) is 9.14. The third kappa shape index (κ3) is 3.80. The molecule has 0 fully saturated rings. The average Bonchev–Trinajstić information content (AvgIpc) is 2.36. The molecule has 0 spiro atoms. The average molecular weight is 230 g/mol. The lowest BCUT2D eigenvalue weighted by molar-refractivity contribution is -0.116. The molecule has 1 aromatic rings. The van der Waals surface area contributed by atoms with Gasteiger partial charge in [0.2, 0.25) is 0 Å². The summed E-state index contributed by atoms with van der Waals surface area (Å²) < 4.78 is 4.26. The maximum Gasteiger partial charge on any atom is 0.413 e. The summed E-state index contributed by atoms with van der Waals surface area (Å²) in [4.78, 5) is 22.2. The molecule has 1 rings (SSSR count).